The molecule has 5 nitrogen and oxygen atoms in total. The number of carbonyl (C=O) groups is 1. The van der Waals surface area contributed by atoms with Crippen LogP contribution in [0.5, 0.6) is 0 Å². The van der Waals surface area contributed by atoms with E-state index in [4.69, 9.17) is 16.0 Å². The van der Waals surface area contributed by atoms with Crippen molar-refractivity contribution in [3.63, 3.8) is 0 Å². The second-order valence-corrected chi connectivity index (χ2v) is 7.55. The molecule has 130 valence electrons. The first-order chi connectivity index (χ1) is 12.7. The molecule has 0 aliphatic rings. The topological polar surface area (TPSA) is 68.0 Å². The highest BCUT2D eigenvalue weighted by atomic mass is 35.5. The number of thiazole rings is 1. The molecule has 1 amide bonds. The normalized spacial score (nSPS) is 11.0. The van der Waals surface area contributed by atoms with Gasteiger partial charge < -0.3 is 9.73 Å². The number of anilines is 1. The number of para-hydroxylation sites is 2. The predicted molar refractivity (Wildman–Crippen MR) is 106 cm³/mol. The molecule has 0 radical (unpaired) electrons. The van der Waals surface area contributed by atoms with Gasteiger partial charge in [0.15, 0.2) is 10.7 Å². The number of fused-ring (bicyclic) bond motifs is 1. The van der Waals surface area contributed by atoms with Gasteiger partial charge in [-0.05, 0) is 24.3 Å². The summed E-state index contributed by atoms with van der Waals surface area (Å²) in [7, 11) is 0. The van der Waals surface area contributed by atoms with Gasteiger partial charge in [-0.2, -0.15) is 0 Å². The highest BCUT2D eigenvalue weighted by molar-refractivity contribution is 7.99. The number of nitrogens with zero attached hydrogens (tertiary/aromatic N) is 2. The van der Waals surface area contributed by atoms with Gasteiger partial charge in [0.2, 0.25) is 5.91 Å². The first-order valence-electron chi connectivity index (χ1n) is 7.67. The van der Waals surface area contributed by atoms with Crippen LogP contribution in [0.3, 0.4) is 0 Å². The Morgan fingerprint density at radius 1 is 1.15 bits per heavy atom. The standard InChI is InChI=1S/C18H12ClN3O2S2/c19-12-7-5-11(6-8-12)14-9-25-17(20-14)22-16(23)10-26-18-21-13-3-1-2-4-15(13)24-18/h1-9H,10H2,(H,20,22,23). The van der Waals surface area contributed by atoms with Crippen molar-refractivity contribution in [1.82, 2.24) is 9.97 Å². The predicted octanol–water partition coefficient (Wildman–Crippen LogP) is 5.34. The van der Waals surface area contributed by atoms with Crippen molar-refractivity contribution in [2.75, 3.05) is 11.1 Å². The van der Waals surface area contributed by atoms with E-state index in [0.717, 1.165) is 16.8 Å². The SMILES string of the molecule is O=C(CSc1nc2ccccc2o1)Nc1nc(-c2ccc(Cl)cc2)cs1. The lowest BCUT2D eigenvalue weighted by Crippen LogP contribution is -2.13. The first kappa shape index (κ1) is 17.1. The summed E-state index contributed by atoms with van der Waals surface area (Å²) in [4.78, 5) is 20.9. The molecule has 0 fully saturated rings. The Balaban J connectivity index is 1.36. The highest BCUT2D eigenvalue weighted by Crippen LogP contribution is 2.27. The van der Waals surface area contributed by atoms with Crippen LogP contribution >= 0.6 is 34.7 Å². The van der Waals surface area contributed by atoms with Crippen LogP contribution < -0.4 is 5.32 Å². The molecule has 0 saturated heterocycles. The van der Waals surface area contributed by atoms with Crippen LogP contribution in [0.15, 0.2) is 63.6 Å². The average Bonchev–Trinajstić information content (AvgIpc) is 3.27. The molecule has 0 unspecified atom stereocenters. The quantitative estimate of drug-likeness (QED) is 0.457. The lowest BCUT2D eigenvalue weighted by Gasteiger charge is -1.99. The molecule has 2 heterocycles. The van der Waals surface area contributed by atoms with Crippen LogP contribution in [-0.4, -0.2) is 21.6 Å². The molecule has 2 aromatic heterocycles. The zero-order valence-electron chi connectivity index (χ0n) is 13.3. The maximum Gasteiger partial charge on any atom is 0.257 e. The molecule has 26 heavy (non-hydrogen) atoms. The summed E-state index contributed by atoms with van der Waals surface area (Å²) in [5.74, 6) is 0.0390. The summed E-state index contributed by atoms with van der Waals surface area (Å²) in [5, 5.41) is 6.40. The largest absolute Gasteiger partial charge is 0.431 e. The van der Waals surface area contributed by atoms with Gasteiger partial charge in [-0.1, -0.05) is 47.6 Å². The molecular weight excluding hydrogens is 390 g/mol. The van der Waals surface area contributed by atoms with E-state index < -0.39 is 0 Å². The van der Waals surface area contributed by atoms with Crippen molar-refractivity contribution in [3.8, 4) is 11.3 Å². The number of halogens is 1. The van der Waals surface area contributed by atoms with Gasteiger partial charge in [0.1, 0.15) is 5.52 Å². The smallest absolute Gasteiger partial charge is 0.257 e. The van der Waals surface area contributed by atoms with E-state index in [1.54, 1.807) is 0 Å². The summed E-state index contributed by atoms with van der Waals surface area (Å²) in [6.45, 7) is 0. The number of oxazole rings is 1. The third-order valence-corrected chi connectivity index (χ3v) is 5.33. The fraction of sp³-hybridized carbons (Fsp3) is 0.0556. The number of benzene rings is 2. The zero-order valence-corrected chi connectivity index (χ0v) is 15.7. The van der Waals surface area contributed by atoms with E-state index in [0.29, 0.717) is 21.0 Å². The monoisotopic (exact) mass is 401 g/mol. The highest BCUT2D eigenvalue weighted by Gasteiger charge is 2.11. The number of carbonyl (C=O) groups excluding carboxylic acids is 1. The summed E-state index contributed by atoms with van der Waals surface area (Å²) >= 11 is 8.52. The first-order valence-corrected chi connectivity index (χ1v) is 9.91. The minimum Gasteiger partial charge on any atom is -0.431 e. The van der Waals surface area contributed by atoms with Crippen LogP contribution in [0.25, 0.3) is 22.4 Å². The molecule has 4 rings (SSSR count). The fourth-order valence-electron chi connectivity index (χ4n) is 2.28. The number of rotatable bonds is 5. The maximum absolute atomic E-state index is 12.1. The van der Waals surface area contributed by atoms with Crippen LogP contribution in [0, 0.1) is 0 Å². The number of hydrogen-bond donors (Lipinski definition) is 1. The van der Waals surface area contributed by atoms with Gasteiger partial charge in [-0.15, -0.1) is 11.3 Å². The van der Waals surface area contributed by atoms with Gasteiger partial charge in [-0.25, -0.2) is 9.97 Å². The van der Waals surface area contributed by atoms with Crippen molar-refractivity contribution in [2.24, 2.45) is 0 Å². The van der Waals surface area contributed by atoms with E-state index in [9.17, 15) is 4.79 Å². The molecule has 8 heteroatoms. The Morgan fingerprint density at radius 3 is 2.77 bits per heavy atom. The second kappa shape index (κ2) is 7.49. The van der Waals surface area contributed by atoms with Crippen LogP contribution in [0.4, 0.5) is 5.13 Å². The molecule has 0 aliphatic carbocycles. The van der Waals surface area contributed by atoms with Crippen molar-refractivity contribution in [2.45, 2.75) is 5.22 Å². The summed E-state index contributed by atoms with van der Waals surface area (Å²) < 4.78 is 5.59. The van der Waals surface area contributed by atoms with Crippen LogP contribution in [0.1, 0.15) is 0 Å². The third-order valence-electron chi connectivity index (χ3n) is 3.49. The fourth-order valence-corrected chi connectivity index (χ4v) is 3.78. The number of aromatic nitrogens is 2. The minimum absolute atomic E-state index is 0.158. The van der Waals surface area contributed by atoms with Gasteiger partial charge in [0.25, 0.3) is 5.22 Å². The van der Waals surface area contributed by atoms with E-state index in [1.165, 1.54) is 23.1 Å². The zero-order chi connectivity index (χ0) is 17.9. The molecule has 0 bridgehead atoms. The number of hydrogen-bond acceptors (Lipinski definition) is 6. The Hall–Kier alpha value is -2.35. The van der Waals surface area contributed by atoms with Crippen molar-refractivity contribution in [1.29, 1.82) is 0 Å². The lowest BCUT2D eigenvalue weighted by molar-refractivity contribution is -0.113. The van der Waals surface area contributed by atoms with Gasteiger partial charge in [0, 0.05) is 16.0 Å². The summed E-state index contributed by atoms with van der Waals surface area (Å²) in [5.41, 5.74) is 3.24. The van der Waals surface area contributed by atoms with Gasteiger partial charge in [-0.3, -0.25) is 4.79 Å². The van der Waals surface area contributed by atoms with Crippen molar-refractivity contribution < 1.29 is 9.21 Å². The van der Waals surface area contributed by atoms with Crippen LogP contribution in [-0.2, 0) is 4.79 Å². The molecular formula is C18H12ClN3O2S2. The Bertz CT molecular complexity index is 1030. The van der Waals surface area contributed by atoms with E-state index in [1.807, 2.05) is 53.9 Å². The Morgan fingerprint density at radius 2 is 1.96 bits per heavy atom. The van der Waals surface area contributed by atoms with Gasteiger partial charge in [0.05, 0.1) is 11.4 Å². The van der Waals surface area contributed by atoms with E-state index in [-0.39, 0.29) is 11.7 Å². The van der Waals surface area contributed by atoms with E-state index in [2.05, 4.69) is 15.3 Å². The molecule has 0 saturated carbocycles. The summed E-state index contributed by atoms with van der Waals surface area (Å²) in [6.07, 6.45) is 0. The second-order valence-electron chi connectivity index (χ2n) is 5.33. The molecule has 0 spiro atoms. The molecule has 2 aromatic carbocycles. The molecule has 4 aromatic rings. The number of amides is 1. The molecule has 1 N–H and O–H groups in total. The summed E-state index contributed by atoms with van der Waals surface area (Å²) in [6, 6.07) is 14.9. The number of thioether (sulfide) groups is 1. The van der Waals surface area contributed by atoms with Crippen LogP contribution in [0.2, 0.25) is 5.02 Å². The van der Waals surface area contributed by atoms with E-state index >= 15 is 0 Å². The lowest BCUT2D eigenvalue weighted by atomic mass is 10.2. The average molecular weight is 402 g/mol. The third kappa shape index (κ3) is 3.90. The number of nitrogens with one attached hydrogen (secondary N) is 1. The Labute approximate surface area is 162 Å². The maximum atomic E-state index is 12.1. The van der Waals surface area contributed by atoms with Crippen molar-refractivity contribution in [3.05, 3.63) is 58.9 Å². The molecule has 0 atom stereocenters. The van der Waals surface area contributed by atoms with Gasteiger partial charge >= 0.3 is 0 Å². The minimum atomic E-state index is -0.158. The Kier molecular flexibility index (Phi) is 4.92. The molecule has 0 aliphatic heterocycles. The van der Waals surface area contributed by atoms with Crippen molar-refractivity contribution >= 4 is 56.8 Å².